The van der Waals surface area contributed by atoms with Crippen LogP contribution in [-0.2, 0) is 6.54 Å². The summed E-state index contributed by atoms with van der Waals surface area (Å²) in [7, 11) is 1.80. The third-order valence-corrected chi connectivity index (χ3v) is 4.25. The van der Waals surface area contributed by atoms with Crippen molar-refractivity contribution >= 4 is 41.7 Å². The van der Waals surface area contributed by atoms with Crippen LogP contribution in [0.2, 0.25) is 0 Å². The molecule has 1 heterocycles. The molecule has 1 aromatic heterocycles. The van der Waals surface area contributed by atoms with Crippen molar-refractivity contribution in [1.29, 1.82) is 0 Å². The first kappa shape index (κ1) is 19.9. The third kappa shape index (κ3) is 7.78. The summed E-state index contributed by atoms with van der Waals surface area (Å²) >= 11 is 1.85. The summed E-state index contributed by atoms with van der Waals surface area (Å²) in [6.45, 7) is 4.80. The fourth-order valence-corrected chi connectivity index (χ4v) is 2.78. The predicted molar refractivity (Wildman–Crippen MR) is 111 cm³/mol. The van der Waals surface area contributed by atoms with E-state index in [9.17, 15) is 0 Å². The summed E-state index contributed by atoms with van der Waals surface area (Å²) in [6.07, 6.45) is 4.13. The number of rotatable bonds is 7. The van der Waals surface area contributed by atoms with Gasteiger partial charge >= 0.3 is 0 Å². The number of halogens is 1. The SMILES string of the molecule is CN=C(NCCSc1ccc(C)cc1)NCCn1cccc1.I. The van der Waals surface area contributed by atoms with E-state index in [2.05, 4.69) is 63.8 Å². The van der Waals surface area contributed by atoms with Crippen LogP contribution in [0.4, 0.5) is 0 Å². The van der Waals surface area contributed by atoms with Gasteiger partial charge in [-0.2, -0.15) is 0 Å². The number of thioether (sulfide) groups is 1. The van der Waals surface area contributed by atoms with Crippen LogP contribution >= 0.6 is 35.7 Å². The lowest BCUT2D eigenvalue weighted by Gasteiger charge is -2.12. The molecule has 23 heavy (non-hydrogen) atoms. The number of nitrogens with one attached hydrogen (secondary N) is 2. The van der Waals surface area contributed by atoms with E-state index < -0.39 is 0 Å². The molecule has 0 radical (unpaired) electrons. The van der Waals surface area contributed by atoms with Gasteiger partial charge in [0.2, 0.25) is 0 Å². The summed E-state index contributed by atoms with van der Waals surface area (Å²) in [4.78, 5) is 5.55. The quantitative estimate of drug-likeness (QED) is 0.226. The molecule has 2 rings (SSSR count). The van der Waals surface area contributed by atoms with E-state index in [4.69, 9.17) is 0 Å². The zero-order chi connectivity index (χ0) is 15.6. The maximum Gasteiger partial charge on any atom is 0.191 e. The summed E-state index contributed by atoms with van der Waals surface area (Å²) < 4.78 is 2.15. The molecule has 0 aliphatic rings. The maximum atomic E-state index is 4.24. The van der Waals surface area contributed by atoms with Crippen LogP contribution in [0.5, 0.6) is 0 Å². The first-order valence-electron chi connectivity index (χ1n) is 7.52. The van der Waals surface area contributed by atoms with E-state index in [1.807, 2.05) is 23.9 Å². The Labute approximate surface area is 160 Å². The standard InChI is InChI=1S/C17H24N4S.HI/c1-15-5-7-16(8-6-15)22-14-10-20-17(18-2)19-9-13-21-11-3-4-12-21;/h3-8,11-12H,9-10,13-14H2,1-2H3,(H2,18,19,20);1H. The molecule has 0 amide bonds. The minimum Gasteiger partial charge on any atom is -0.356 e. The van der Waals surface area contributed by atoms with Crippen LogP contribution in [0.3, 0.4) is 0 Å². The molecule has 0 bridgehead atoms. The fourth-order valence-electron chi connectivity index (χ4n) is 2.02. The van der Waals surface area contributed by atoms with Gasteiger partial charge in [-0.15, -0.1) is 35.7 Å². The average Bonchev–Trinajstić information content (AvgIpc) is 3.04. The minimum atomic E-state index is 0. The van der Waals surface area contributed by atoms with Gasteiger partial charge in [-0.05, 0) is 31.2 Å². The van der Waals surface area contributed by atoms with Crippen molar-refractivity contribution in [2.45, 2.75) is 18.4 Å². The zero-order valence-corrected chi connectivity index (χ0v) is 16.8. The highest BCUT2D eigenvalue weighted by Gasteiger charge is 1.98. The van der Waals surface area contributed by atoms with E-state index in [-0.39, 0.29) is 24.0 Å². The van der Waals surface area contributed by atoms with Gasteiger partial charge in [0.05, 0.1) is 0 Å². The van der Waals surface area contributed by atoms with E-state index in [0.717, 1.165) is 31.3 Å². The van der Waals surface area contributed by atoms with Gasteiger partial charge in [0.1, 0.15) is 0 Å². The topological polar surface area (TPSA) is 41.4 Å². The molecule has 0 unspecified atom stereocenters. The molecule has 1 aromatic carbocycles. The molecule has 0 aliphatic carbocycles. The highest BCUT2D eigenvalue weighted by molar-refractivity contribution is 14.0. The Morgan fingerprint density at radius 3 is 2.39 bits per heavy atom. The van der Waals surface area contributed by atoms with Crippen LogP contribution in [0.1, 0.15) is 5.56 Å². The number of nitrogens with zero attached hydrogens (tertiary/aromatic N) is 2. The van der Waals surface area contributed by atoms with E-state index in [1.54, 1.807) is 7.05 Å². The smallest absolute Gasteiger partial charge is 0.191 e. The predicted octanol–water partition coefficient (Wildman–Crippen LogP) is 3.37. The van der Waals surface area contributed by atoms with Crippen molar-refractivity contribution in [3.05, 3.63) is 54.4 Å². The lowest BCUT2D eigenvalue weighted by atomic mass is 10.2. The van der Waals surface area contributed by atoms with Crippen molar-refractivity contribution in [3.63, 3.8) is 0 Å². The number of benzene rings is 1. The lowest BCUT2D eigenvalue weighted by molar-refractivity contribution is 0.667. The molecule has 126 valence electrons. The minimum absolute atomic E-state index is 0. The Bertz CT molecular complexity index is 567. The van der Waals surface area contributed by atoms with E-state index in [0.29, 0.717) is 0 Å². The Kier molecular flexibility index (Phi) is 9.86. The van der Waals surface area contributed by atoms with Crippen LogP contribution in [0, 0.1) is 6.92 Å². The number of hydrogen-bond acceptors (Lipinski definition) is 2. The molecular weight excluding hydrogens is 419 g/mol. The Morgan fingerprint density at radius 2 is 1.74 bits per heavy atom. The van der Waals surface area contributed by atoms with Crippen LogP contribution in [0.15, 0.2) is 58.7 Å². The molecule has 2 N–H and O–H groups in total. The normalized spacial score (nSPS) is 11.0. The molecule has 0 fully saturated rings. The molecular formula is C17H25IN4S. The monoisotopic (exact) mass is 444 g/mol. The average molecular weight is 444 g/mol. The van der Waals surface area contributed by atoms with Gasteiger partial charge in [0, 0.05) is 49.7 Å². The summed E-state index contributed by atoms with van der Waals surface area (Å²) in [6, 6.07) is 12.7. The van der Waals surface area contributed by atoms with Gasteiger partial charge in [-0.3, -0.25) is 4.99 Å². The first-order valence-corrected chi connectivity index (χ1v) is 8.51. The highest BCUT2D eigenvalue weighted by Crippen LogP contribution is 2.17. The molecule has 0 spiro atoms. The van der Waals surface area contributed by atoms with Crippen molar-refractivity contribution in [3.8, 4) is 0 Å². The third-order valence-electron chi connectivity index (χ3n) is 3.24. The van der Waals surface area contributed by atoms with Crippen LogP contribution in [0.25, 0.3) is 0 Å². The number of hydrogen-bond donors (Lipinski definition) is 2. The van der Waals surface area contributed by atoms with Crippen LogP contribution < -0.4 is 10.6 Å². The molecule has 0 aliphatic heterocycles. The molecule has 0 saturated carbocycles. The van der Waals surface area contributed by atoms with Crippen molar-refractivity contribution < 1.29 is 0 Å². The van der Waals surface area contributed by atoms with Crippen molar-refractivity contribution in [2.75, 3.05) is 25.9 Å². The summed E-state index contributed by atoms with van der Waals surface area (Å²) in [5.74, 6) is 1.87. The second-order valence-corrected chi connectivity index (χ2v) is 6.18. The molecule has 0 saturated heterocycles. The number of aliphatic imine (C=N–C) groups is 1. The Morgan fingerprint density at radius 1 is 1.09 bits per heavy atom. The fraction of sp³-hybridized carbons (Fsp3) is 0.353. The summed E-state index contributed by atoms with van der Waals surface area (Å²) in [5, 5.41) is 6.66. The molecule has 6 heteroatoms. The van der Waals surface area contributed by atoms with Gasteiger partial charge in [-0.1, -0.05) is 17.7 Å². The van der Waals surface area contributed by atoms with Crippen molar-refractivity contribution in [1.82, 2.24) is 15.2 Å². The highest BCUT2D eigenvalue weighted by atomic mass is 127. The van der Waals surface area contributed by atoms with Gasteiger partial charge < -0.3 is 15.2 Å². The largest absolute Gasteiger partial charge is 0.356 e. The van der Waals surface area contributed by atoms with Crippen molar-refractivity contribution in [2.24, 2.45) is 4.99 Å². The Hall–Kier alpha value is -1.15. The van der Waals surface area contributed by atoms with Gasteiger partial charge in [0.25, 0.3) is 0 Å². The maximum absolute atomic E-state index is 4.24. The van der Waals surface area contributed by atoms with Gasteiger partial charge in [-0.25, -0.2) is 0 Å². The lowest BCUT2D eigenvalue weighted by Crippen LogP contribution is -2.39. The number of aromatic nitrogens is 1. The number of aryl methyl sites for hydroxylation is 1. The molecule has 4 nitrogen and oxygen atoms in total. The number of guanidine groups is 1. The second-order valence-electron chi connectivity index (χ2n) is 5.01. The van der Waals surface area contributed by atoms with Crippen LogP contribution in [-0.4, -0.2) is 36.4 Å². The van der Waals surface area contributed by atoms with E-state index >= 15 is 0 Å². The van der Waals surface area contributed by atoms with E-state index in [1.165, 1.54) is 10.5 Å². The van der Waals surface area contributed by atoms with Gasteiger partial charge in [0.15, 0.2) is 5.96 Å². The molecule has 2 aromatic rings. The Balaban J connectivity index is 0.00000264. The zero-order valence-electron chi connectivity index (χ0n) is 13.7. The first-order chi connectivity index (χ1) is 10.8. The second kappa shape index (κ2) is 11.4. The molecule has 0 atom stereocenters. The summed E-state index contributed by atoms with van der Waals surface area (Å²) in [5.41, 5.74) is 1.30.